The Labute approximate surface area is 185 Å². The van der Waals surface area contributed by atoms with E-state index in [1.54, 1.807) is 6.07 Å². The summed E-state index contributed by atoms with van der Waals surface area (Å²) in [5.41, 5.74) is 11.1. The van der Waals surface area contributed by atoms with Crippen LogP contribution in [0, 0.1) is 5.41 Å². The molecule has 1 aliphatic carbocycles. The third kappa shape index (κ3) is 3.12. The summed E-state index contributed by atoms with van der Waals surface area (Å²) < 4.78 is 1.85. The summed E-state index contributed by atoms with van der Waals surface area (Å²) in [7, 11) is 0. The Morgan fingerprint density at radius 3 is 2.59 bits per heavy atom. The molecule has 1 aliphatic rings. The molecule has 0 aliphatic heterocycles. The number of carbonyl (C=O) groups excluding carboxylic acids is 2. The molecule has 0 saturated carbocycles. The highest BCUT2D eigenvalue weighted by molar-refractivity contribution is 6.07. The van der Waals surface area contributed by atoms with Crippen molar-refractivity contribution in [2.75, 3.05) is 0 Å². The number of imidazole rings is 1. The Morgan fingerprint density at radius 1 is 1.16 bits per heavy atom. The molecular formula is C25H25N5O2. The van der Waals surface area contributed by atoms with Gasteiger partial charge < -0.3 is 10.7 Å². The number of hydrogen-bond acceptors (Lipinski definition) is 4. The number of benzene rings is 2. The number of carbonyl (C=O) groups is 2. The van der Waals surface area contributed by atoms with Crippen LogP contribution in [0.25, 0.3) is 28.1 Å². The van der Waals surface area contributed by atoms with Crippen LogP contribution in [-0.4, -0.2) is 31.4 Å². The Hall–Kier alpha value is -3.74. The first kappa shape index (κ1) is 20.2. The lowest BCUT2D eigenvalue weighted by atomic mass is 9.75. The molecule has 0 saturated heterocycles. The third-order valence-corrected chi connectivity index (χ3v) is 6.12. The van der Waals surface area contributed by atoms with E-state index in [2.05, 4.69) is 18.8 Å². The number of amides is 1. The highest BCUT2D eigenvalue weighted by atomic mass is 16.1. The van der Waals surface area contributed by atoms with Crippen molar-refractivity contribution in [3.63, 3.8) is 0 Å². The molecule has 0 spiro atoms. The first-order valence-electron chi connectivity index (χ1n) is 10.8. The fourth-order valence-electron chi connectivity index (χ4n) is 4.66. The van der Waals surface area contributed by atoms with Crippen LogP contribution in [0.1, 0.15) is 59.3 Å². The van der Waals surface area contributed by atoms with Crippen molar-refractivity contribution in [2.24, 2.45) is 11.1 Å². The minimum atomic E-state index is -0.541. The molecule has 0 bridgehead atoms. The number of nitrogens with zero attached hydrogens (tertiary/aromatic N) is 3. The van der Waals surface area contributed by atoms with Crippen LogP contribution in [0.3, 0.4) is 0 Å². The van der Waals surface area contributed by atoms with Gasteiger partial charge in [-0.25, -0.2) is 9.67 Å². The number of rotatable bonds is 4. The topological polar surface area (TPSA) is 107 Å². The molecular weight excluding hydrogens is 402 g/mol. The number of primary amides is 1. The monoisotopic (exact) mass is 427 g/mol. The Kier molecular flexibility index (Phi) is 4.51. The molecule has 0 atom stereocenters. The summed E-state index contributed by atoms with van der Waals surface area (Å²) in [6.45, 7) is 6.22. The van der Waals surface area contributed by atoms with Crippen LogP contribution < -0.4 is 5.73 Å². The molecule has 2 aromatic carbocycles. The number of nitrogens with one attached hydrogen (secondary N) is 1. The second kappa shape index (κ2) is 7.15. The lowest BCUT2D eigenvalue weighted by molar-refractivity contribution is 0.0909. The number of ketones is 1. The number of fused-ring (bicyclic) bond motifs is 2. The predicted octanol–water partition coefficient (Wildman–Crippen LogP) is 4.23. The van der Waals surface area contributed by atoms with Gasteiger partial charge in [0, 0.05) is 12.0 Å². The Morgan fingerprint density at radius 2 is 1.91 bits per heavy atom. The normalized spacial score (nSPS) is 15.2. The maximum absolute atomic E-state index is 13.0. The second-order valence-electron chi connectivity index (χ2n) is 9.15. The second-order valence-corrected chi connectivity index (χ2v) is 9.15. The van der Waals surface area contributed by atoms with E-state index >= 15 is 0 Å². The number of H-pyrrole nitrogens is 1. The average molecular weight is 428 g/mol. The van der Waals surface area contributed by atoms with Gasteiger partial charge in [-0.15, -0.1) is 0 Å². The van der Waals surface area contributed by atoms with E-state index in [0.717, 1.165) is 34.6 Å². The quantitative estimate of drug-likeness (QED) is 0.508. The Bertz CT molecular complexity index is 1380. The van der Waals surface area contributed by atoms with Gasteiger partial charge in [0.2, 0.25) is 0 Å². The molecule has 32 heavy (non-hydrogen) atoms. The van der Waals surface area contributed by atoms with E-state index in [9.17, 15) is 9.59 Å². The first-order chi connectivity index (χ1) is 15.3. The Balaban J connectivity index is 1.79. The summed E-state index contributed by atoms with van der Waals surface area (Å²) in [4.78, 5) is 33.2. The van der Waals surface area contributed by atoms with Crippen LogP contribution in [0.5, 0.6) is 0 Å². The van der Waals surface area contributed by atoms with E-state index < -0.39 is 5.91 Å². The van der Waals surface area contributed by atoms with Crippen molar-refractivity contribution < 1.29 is 9.59 Å². The van der Waals surface area contributed by atoms with E-state index in [-0.39, 0.29) is 11.2 Å². The van der Waals surface area contributed by atoms with Crippen molar-refractivity contribution in [2.45, 2.75) is 40.0 Å². The maximum Gasteiger partial charge on any atom is 0.250 e. The molecule has 0 unspecified atom stereocenters. The molecule has 4 aromatic rings. The lowest BCUT2D eigenvalue weighted by Gasteiger charge is -2.29. The van der Waals surface area contributed by atoms with Crippen LogP contribution >= 0.6 is 0 Å². The fourth-order valence-corrected chi connectivity index (χ4v) is 4.66. The number of aromatic nitrogens is 4. The van der Waals surface area contributed by atoms with Crippen molar-refractivity contribution >= 4 is 22.7 Å². The van der Waals surface area contributed by atoms with Gasteiger partial charge in [-0.2, -0.15) is 5.10 Å². The molecule has 0 radical (unpaired) electrons. The van der Waals surface area contributed by atoms with Gasteiger partial charge in [0.15, 0.2) is 5.78 Å². The van der Waals surface area contributed by atoms with Crippen molar-refractivity contribution in [3.8, 4) is 17.1 Å². The van der Waals surface area contributed by atoms with Gasteiger partial charge in [0.25, 0.3) is 5.91 Å². The highest BCUT2D eigenvalue weighted by Gasteiger charge is 2.36. The molecule has 162 valence electrons. The third-order valence-electron chi connectivity index (χ3n) is 6.12. The predicted molar refractivity (Wildman–Crippen MR) is 123 cm³/mol. The van der Waals surface area contributed by atoms with E-state index in [1.807, 2.05) is 48.0 Å². The van der Waals surface area contributed by atoms with Crippen molar-refractivity contribution in [3.05, 3.63) is 65.0 Å². The minimum absolute atomic E-state index is 0.138. The van der Waals surface area contributed by atoms with Crippen LogP contribution in [0.4, 0.5) is 0 Å². The highest BCUT2D eigenvalue weighted by Crippen LogP contribution is 2.38. The summed E-state index contributed by atoms with van der Waals surface area (Å²) in [5.74, 6) is 0.239. The van der Waals surface area contributed by atoms with Gasteiger partial charge in [-0.3, -0.25) is 9.59 Å². The zero-order valence-electron chi connectivity index (χ0n) is 18.4. The first-order valence-corrected chi connectivity index (χ1v) is 10.8. The largest absolute Gasteiger partial charge is 0.366 e. The van der Waals surface area contributed by atoms with Crippen LogP contribution in [0.15, 0.2) is 42.5 Å². The number of Topliss-reactive ketones (excluding diaryl/α,β-unsaturated/α-hetero) is 1. The summed E-state index contributed by atoms with van der Waals surface area (Å²) in [6, 6.07) is 13.2. The van der Waals surface area contributed by atoms with Gasteiger partial charge in [-0.05, 0) is 30.4 Å². The molecule has 7 nitrogen and oxygen atoms in total. The lowest BCUT2D eigenvalue weighted by Crippen LogP contribution is -2.28. The van der Waals surface area contributed by atoms with Gasteiger partial charge in [0.1, 0.15) is 11.3 Å². The zero-order chi connectivity index (χ0) is 22.6. The number of hydrogen-bond donors (Lipinski definition) is 2. The number of nitrogens with two attached hydrogens (primary N) is 1. The summed E-state index contributed by atoms with van der Waals surface area (Å²) in [5, 5.41) is 4.84. The van der Waals surface area contributed by atoms with Crippen molar-refractivity contribution in [1.29, 1.82) is 0 Å². The van der Waals surface area contributed by atoms with Crippen LogP contribution in [-0.2, 0) is 12.8 Å². The van der Waals surface area contributed by atoms with Crippen LogP contribution in [0.2, 0.25) is 0 Å². The standard InChI is InChI=1S/C25H25N5O2/c1-4-16-20-18(12-25(2,3)13-19(20)31)30(29-16)17-11-10-15(23(26)32)21-22(17)28-24(27-21)14-8-6-5-7-9-14/h5-11H,4,12-13H2,1-3H3,(H2,26,32)(H,27,28). The molecule has 7 heteroatoms. The molecule has 5 rings (SSSR count). The van der Waals surface area contributed by atoms with Crippen molar-refractivity contribution in [1.82, 2.24) is 19.7 Å². The minimum Gasteiger partial charge on any atom is -0.366 e. The fraction of sp³-hybridized carbons (Fsp3) is 0.280. The number of aromatic amines is 1. The van der Waals surface area contributed by atoms with E-state index in [4.69, 9.17) is 15.8 Å². The molecule has 1 amide bonds. The smallest absolute Gasteiger partial charge is 0.250 e. The molecule has 0 fully saturated rings. The SMILES string of the molecule is CCc1nn(-c2ccc(C(N)=O)c3nc(-c4ccccc4)[nH]c23)c2c1C(=O)CC(C)(C)C2. The maximum atomic E-state index is 13.0. The van der Waals surface area contributed by atoms with Gasteiger partial charge in [0.05, 0.1) is 33.7 Å². The van der Waals surface area contributed by atoms with E-state index in [1.165, 1.54) is 0 Å². The summed E-state index contributed by atoms with van der Waals surface area (Å²) in [6.07, 6.45) is 1.92. The van der Waals surface area contributed by atoms with E-state index in [0.29, 0.717) is 35.3 Å². The molecule has 2 aromatic heterocycles. The van der Waals surface area contributed by atoms with Gasteiger partial charge >= 0.3 is 0 Å². The molecule has 2 heterocycles. The number of aryl methyl sites for hydroxylation is 1. The molecule has 3 N–H and O–H groups in total. The summed E-state index contributed by atoms with van der Waals surface area (Å²) >= 11 is 0. The van der Waals surface area contributed by atoms with Gasteiger partial charge in [-0.1, -0.05) is 51.1 Å². The zero-order valence-corrected chi connectivity index (χ0v) is 18.4. The average Bonchev–Trinajstić information content (AvgIpc) is 3.35.